The number of nitrogens with zero attached hydrogens (tertiary/aromatic N) is 1. The van der Waals surface area contributed by atoms with Crippen LogP contribution in [-0.2, 0) is 10.0 Å². The second kappa shape index (κ2) is 12.0. The third-order valence-corrected chi connectivity index (χ3v) is 6.07. The van der Waals surface area contributed by atoms with Gasteiger partial charge in [0.2, 0.25) is 10.0 Å². The number of phenols is 1. The molecular formula is C26H31N3O7S. The molecule has 198 valence electrons. The van der Waals surface area contributed by atoms with E-state index < -0.39 is 22.1 Å². The first-order chi connectivity index (χ1) is 17.4. The third kappa shape index (κ3) is 7.84. The summed E-state index contributed by atoms with van der Waals surface area (Å²) in [5.74, 6) is -0.544. The Bertz CT molecular complexity index is 1340. The lowest BCUT2D eigenvalue weighted by Gasteiger charge is -2.17. The molecule has 5 N–H and O–H groups in total. The van der Waals surface area contributed by atoms with Crippen LogP contribution in [0.3, 0.4) is 0 Å². The molecule has 0 radical (unpaired) electrons. The molecule has 0 heterocycles. The molecule has 0 aromatic heterocycles. The van der Waals surface area contributed by atoms with Gasteiger partial charge in [-0.2, -0.15) is 0 Å². The zero-order valence-corrected chi connectivity index (χ0v) is 21.6. The molecule has 0 saturated heterocycles. The number of rotatable bonds is 12. The number of anilines is 2. The van der Waals surface area contributed by atoms with Crippen molar-refractivity contribution in [2.45, 2.75) is 6.10 Å². The van der Waals surface area contributed by atoms with E-state index >= 15 is 0 Å². The molecular weight excluding hydrogens is 498 g/mol. The first kappa shape index (κ1) is 27.8. The Morgan fingerprint density at radius 1 is 1.03 bits per heavy atom. The maximum atomic E-state index is 11.5. The van der Waals surface area contributed by atoms with Crippen molar-refractivity contribution in [1.29, 1.82) is 0 Å². The van der Waals surface area contributed by atoms with E-state index in [0.717, 1.165) is 17.4 Å². The van der Waals surface area contributed by atoms with E-state index in [9.17, 15) is 28.5 Å². The molecule has 0 aliphatic heterocycles. The van der Waals surface area contributed by atoms with Crippen molar-refractivity contribution in [2.24, 2.45) is 0 Å². The summed E-state index contributed by atoms with van der Waals surface area (Å²) >= 11 is 0. The molecule has 0 amide bonds. The predicted molar refractivity (Wildman–Crippen MR) is 143 cm³/mol. The van der Waals surface area contributed by atoms with Crippen molar-refractivity contribution in [3.05, 3.63) is 71.8 Å². The summed E-state index contributed by atoms with van der Waals surface area (Å²) in [6.45, 7) is 1.00. The number of aliphatic hydroxyl groups is 1. The SMILES string of the molecule is CN(C)c1cc(-c2ccc(OCCNCC(O)c3ccc(O)c(NS(C)(=O)=O)c3)cc2)ccc1C(=O)O. The number of sulfonamides is 1. The Labute approximate surface area is 216 Å². The fourth-order valence-corrected chi connectivity index (χ4v) is 4.21. The van der Waals surface area contributed by atoms with Gasteiger partial charge in [-0.1, -0.05) is 24.3 Å². The Hall–Kier alpha value is -3.80. The van der Waals surface area contributed by atoms with Gasteiger partial charge >= 0.3 is 5.97 Å². The molecule has 0 spiro atoms. The van der Waals surface area contributed by atoms with Crippen molar-refractivity contribution >= 4 is 27.4 Å². The molecule has 0 aliphatic carbocycles. The maximum Gasteiger partial charge on any atom is 0.337 e. The fourth-order valence-electron chi connectivity index (χ4n) is 3.65. The number of ether oxygens (including phenoxy) is 1. The van der Waals surface area contributed by atoms with Crippen LogP contribution in [0.4, 0.5) is 11.4 Å². The smallest absolute Gasteiger partial charge is 0.337 e. The molecule has 10 nitrogen and oxygen atoms in total. The van der Waals surface area contributed by atoms with Crippen LogP contribution in [-0.4, -0.2) is 69.8 Å². The van der Waals surface area contributed by atoms with Gasteiger partial charge in [-0.25, -0.2) is 13.2 Å². The lowest BCUT2D eigenvalue weighted by molar-refractivity contribution is 0.0697. The number of carboxylic acid groups (broad SMARTS) is 1. The number of carbonyl (C=O) groups is 1. The number of carboxylic acids is 1. The molecule has 3 aromatic rings. The van der Waals surface area contributed by atoms with Gasteiger partial charge in [0.05, 0.1) is 29.3 Å². The first-order valence-electron chi connectivity index (χ1n) is 11.4. The molecule has 0 fully saturated rings. The van der Waals surface area contributed by atoms with Crippen LogP contribution in [0.5, 0.6) is 11.5 Å². The van der Waals surface area contributed by atoms with Crippen LogP contribution in [0, 0.1) is 0 Å². The average Bonchev–Trinajstić information content (AvgIpc) is 2.84. The Balaban J connectivity index is 1.50. The zero-order valence-electron chi connectivity index (χ0n) is 20.8. The summed E-state index contributed by atoms with van der Waals surface area (Å²) < 4.78 is 30.8. The van der Waals surface area contributed by atoms with Crippen molar-refractivity contribution in [3.63, 3.8) is 0 Å². The molecule has 3 rings (SSSR count). The number of aliphatic hydroxyl groups excluding tert-OH is 1. The number of aromatic carboxylic acids is 1. The summed E-state index contributed by atoms with van der Waals surface area (Å²) in [5, 5.41) is 32.7. The molecule has 37 heavy (non-hydrogen) atoms. The highest BCUT2D eigenvalue weighted by atomic mass is 32.2. The van der Waals surface area contributed by atoms with Crippen LogP contribution in [0.1, 0.15) is 22.0 Å². The second-order valence-corrected chi connectivity index (χ2v) is 10.4. The summed E-state index contributed by atoms with van der Waals surface area (Å²) in [6, 6.07) is 16.9. The van der Waals surface area contributed by atoms with E-state index in [1.807, 2.05) is 30.3 Å². The number of aromatic hydroxyl groups is 1. The van der Waals surface area contributed by atoms with Crippen LogP contribution in [0.25, 0.3) is 11.1 Å². The molecule has 0 saturated carbocycles. The van der Waals surface area contributed by atoms with Crippen molar-refractivity contribution < 1.29 is 33.3 Å². The number of benzene rings is 3. The normalized spacial score (nSPS) is 12.1. The molecule has 3 aromatic carbocycles. The summed E-state index contributed by atoms with van der Waals surface area (Å²) in [4.78, 5) is 13.2. The van der Waals surface area contributed by atoms with Gasteiger partial charge < -0.3 is 30.3 Å². The van der Waals surface area contributed by atoms with Gasteiger partial charge in [-0.05, 0) is 53.1 Å². The Morgan fingerprint density at radius 3 is 2.32 bits per heavy atom. The zero-order chi connectivity index (χ0) is 27.2. The van der Waals surface area contributed by atoms with Gasteiger partial charge in [0.1, 0.15) is 18.1 Å². The summed E-state index contributed by atoms with van der Waals surface area (Å²) in [7, 11) is 0.0298. The van der Waals surface area contributed by atoms with Crippen molar-refractivity contribution in [3.8, 4) is 22.6 Å². The number of nitrogens with one attached hydrogen (secondary N) is 2. The van der Waals surface area contributed by atoms with Crippen molar-refractivity contribution in [2.75, 3.05) is 49.7 Å². The van der Waals surface area contributed by atoms with E-state index in [-0.39, 0.29) is 23.5 Å². The monoisotopic (exact) mass is 529 g/mol. The lowest BCUT2D eigenvalue weighted by Crippen LogP contribution is -2.26. The Morgan fingerprint density at radius 2 is 1.70 bits per heavy atom. The highest BCUT2D eigenvalue weighted by Crippen LogP contribution is 2.29. The van der Waals surface area contributed by atoms with Crippen LogP contribution >= 0.6 is 0 Å². The molecule has 1 atom stereocenters. The van der Waals surface area contributed by atoms with Crippen molar-refractivity contribution in [1.82, 2.24) is 5.32 Å². The van der Waals surface area contributed by atoms with Crippen LogP contribution in [0.2, 0.25) is 0 Å². The number of phenolic OH excluding ortho intramolecular Hbond substituents is 1. The molecule has 11 heteroatoms. The maximum absolute atomic E-state index is 11.5. The highest BCUT2D eigenvalue weighted by Gasteiger charge is 2.14. The molecule has 0 aliphatic rings. The minimum absolute atomic E-state index is 0.00148. The van der Waals surface area contributed by atoms with E-state index in [2.05, 4.69) is 10.0 Å². The minimum atomic E-state index is -3.57. The highest BCUT2D eigenvalue weighted by molar-refractivity contribution is 7.92. The lowest BCUT2D eigenvalue weighted by atomic mass is 10.0. The van der Waals surface area contributed by atoms with E-state index in [4.69, 9.17) is 4.74 Å². The second-order valence-electron chi connectivity index (χ2n) is 8.68. The first-order valence-corrected chi connectivity index (χ1v) is 13.3. The van der Waals surface area contributed by atoms with E-state index in [1.54, 1.807) is 31.1 Å². The minimum Gasteiger partial charge on any atom is -0.506 e. The summed E-state index contributed by atoms with van der Waals surface area (Å²) in [5.41, 5.74) is 3.12. The number of hydrogen-bond acceptors (Lipinski definition) is 8. The number of hydrogen-bond donors (Lipinski definition) is 5. The average molecular weight is 530 g/mol. The summed E-state index contributed by atoms with van der Waals surface area (Å²) in [6.07, 6.45) is 0.0592. The van der Waals surface area contributed by atoms with Gasteiger partial charge in [0, 0.05) is 27.2 Å². The van der Waals surface area contributed by atoms with E-state index in [0.29, 0.717) is 30.2 Å². The predicted octanol–water partition coefficient (Wildman–Crippen LogP) is 2.90. The van der Waals surface area contributed by atoms with Crippen LogP contribution in [0.15, 0.2) is 60.7 Å². The van der Waals surface area contributed by atoms with Crippen LogP contribution < -0.4 is 19.7 Å². The standard InChI is InChI=1S/C26H31N3O7S/c1-29(2)23-15-18(6-10-21(23)26(32)33)17-4-8-20(9-5-17)36-13-12-27-16-25(31)19-7-11-24(30)22(14-19)28-37(3,34)35/h4-11,14-15,25,27-28,30-31H,12-13,16H2,1-3H3,(H,32,33). The largest absolute Gasteiger partial charge is 0.506 e. The quantitative estimate of drug-likeness (QED) is 0.176. The van der Waals surface area contributed by atoms with Gasteiger partial charge in [-0.15, -0.1) is 0 Å². The molecule has 1 unspecified atom stereocenters. The van der Waals surface area contributed by atoms with Gasteiger partial charge in [-0.3, -0.25) is 4.72 Å². The fraction of sp³-hybridized carbons (Fsp3) is 0.269. The molecule has 0 bridgehead atoms. The van der Waals surface area contributed by atoms with Gasteiger partial charge in [0.15, 0.2) is 0 Å². The third-order valence-electron chi connectivity index (χ3n) is 5.48. The van der Waals surface area contributed by atoms with Gasteiger partial charge in [0.25, 0.3) is 0 Å². The topological polar surface area (TPSA) is 148 Å². The Kier molecular flexibility index (Phi) is 8.98. The van der Waals surface area contributed by atoms with E-state index in [1.165, 1.54) is 18.2 Å².